The molecule has 28 heavy (non-hydrogen) atoms. The van der Waals surface area contributed by atoms with E-state index in [1.54, 1.807) is 0 Å². The molecule has 0 aliphatic rings. The van der Waals surface area contributed by atoms with Crippen molar-refractivity contribution in [3.05, 3.63) is 65.2 Å². The van der Waals surface area contributed by atoms with E-state index >= 15 is 0 Å². The number of hydrogen-bond donors (Lipinski definition) is 1. The van der Waals surface area contributed by atoms with Gasteiger partial charge in [-0.3, -0.25) is 9.29 Å². The lowest BCUT2D eigenvalue weighted by molar-refractivity contribution is -0.137. The largest absolute Gasteiger partial charge is 0.417 e. The number of hydrogen-bond acceptors (Lipinski definition) is 4. The number of halogens is 6. The highest BCUT2D eigenvalue weighted by Gasteiger charge is 2.32. The molecule has 0 atom stereocenters. The molecule has 0 saturated carbocycles. The van der Waals surface area contributed by atoms with Crippen LogP contribution in [0.1, 0.15) is 5.56 Å². The molecule has 0 aliphatic heterocycles. The first-order chi connectivity index (χ1) is 13.0. The number of nitrogens with zero attached hydrogens (tertiary/aromatic N) is 3. The fraction of sp³-hybridized carbons (Fsp3) is 0.0667. The summed E-state index contributed by atoms with van der Waals surface area (Å²) in [6.07, 6.45) is -2.38. The van der Waals surface area contributed by atoms with Gasteiger partial charge < -0.3 is 0 Å². The third-order valence-corrected chi connectivity index (χ3v) is 5.01. The Labute approximate surface area is 159 Å². The quantitative estimate of drug-likeness (QED) is 0.624. The van der Waals surface area contributed by atoms with Gasteiger partial charge in [0.15, 0.2) is 10.8 Å². The van der Waals surface area contributed by atoms with Crippen LogP contribution in [0.5, 0.6) is 0 Å². The molecular weight excluding hydrogens is 431 g/mol. The minimum Gasteiger partial charge on any atom is -0.278 e. The molecule has 0 aliphatic carbocycles. The van der Waals surface area contributed by atoms with Gasteiger partial charge >= 0.3 is 6.18 Å². The predicted molar refractivity (Wildman–Crippen MR) is 88.5 cm³/mol. The number of rotatable bonds is 4. The summed E-state index contributed by atoms with van der Waals surface area (Å²) in [4.78, 5) is 7.18. The van der Waals surface area contributed by atoms with Crippen molar-refractivity contribution in [2.24, 2.45) is 0 Å². The summed E-state index contributed by atoms with van der Waals surface area (Å²) in [5.74, 6) is -2.37. The van der Waals surface area contributed by atoms with E-state index in [1.807, 2.05) is 4.72 Å². The van der Waals surface area contributed by atoms with Crippen molar-refractivity contribution in [1.29, 1.82) is 0 Å². The van der Waals surface area contributed by atoms with E-state index in [-0.39, 0.29) is 5.82 Å². The third kappa shape index (κ3) is 4.07. The average Bonchev–Trinajstić information content (AvgIpc) is 3.02. The van der Waals surface area contributed by atoms with E-state index in [4.69, 9.17) is 11.6 Å². The molecule has 0 radical (unpaired) electrons. The summed E-state index contributed by atoms with van der Waals surface area (Å²) >= 11 is 5.83. The summed E-state index contributed by atoms with van der Waals surface area (Å²) in [5.41, 5.74) is -1.53. The van der Waals surface area contributed by atoms with Gasteiger partial charge in [0.05, 0.1) is 22.5 Å². The zero-order valence-electron chi connectivity index (χ0n) is 13.4. The monoisotopic (exact) mass is 438 g/mol. The Kier molecular flexibility index (Phi) is 5.02. The molecule has 3 rings (SSSR count). The first kappa shape index (κ1) is 20.0. The fourth-order valence-electron chi connectivity index (χ4n) is 2.22. The van der Waals surface area contributed by atoms with Gasteiger partial charge in [-0.2, -0.15) is 21.6 Å². The maximum atomic E-state index is 13.3. The molecule has 6 nitrogen and oxygen atoms in total. The number of alkyl halides is 3. The van der Waals surface area contributed by atoms with Crippen molar-refractivity contribution in [1.82, 2.24) is 14.5 Å². The number of imidazole rings is 1. The van der Waals surface area contributed by atoms with Crippen LogP contribution in [0.4, 0.5) is 27.6 Å². The summed E-state index contributed by atoms with van der Waals surface area (Å²) in [6, 6.07) is 2.61. The lowest BCUT2D eigenvalue weighted by Gasteiger charge is -2.13. The molecule has 1 N–H and O–H groups in total. The summed E-state index contributed by atoms with van der Waals surface area (Å²) in [7, 11) is -4.44. The Morgan fingerprint density at radius 3 is 2.25 bits per heavy atom. The number of pyridine rings is 1. The molecular formula is C15H8ClF5N4O2S. The Morgan fingerprint density at radius 1 is 1.04 bits per heavy atom. The standard InChI is InChI=1S/C15H8ClF5N4O2S/c16-12-1-8(15(19,20)21)5-23-14(12)25-7-22-6-13(25)28(26,27)24-11-3-9(17)2-10(18)4-11/h1-7,24H. The fourth-order valence-corrected chi connectivity index (χ4v) is 3.61. The Hall–Kier alpha value is -2.73. The van der Waals surface area contributed by atoms with Crippen molar-refractivity contribution >= 4 is 27.3 Å². The normalized spacial score (nSPS) is 12.2. The summed E-state index contributed by atoms with van der Waals surface area (Å²) in [5, 5.41) is -1.05. The molecule has 2 heterocycles. The van der Waals surface area contributed by atoms with Gasteiger partial charge in [-0.1, -0.05) is 11.6 Å². The molecule has 0 bridgehead atoms. The zero-order valence-corrected chi connectivity index (χ0v) is 14.9. The van der Waals surface area contributed by atoms with Crippen molar-refractivity contribution in [3.8, 4) is 5.82 Å². The zero-order chi connectivity index (χ0) is 20.7. The van der Waals surface area contributed by atoms with Gasteiger partial charge in [0, 0.05) is 12.3 Å². The number of sulfonamides is 1. The van der Waals surface area contributed by atoms with Crippen molar-refractivity contribution < 1.29 is 30.4 Å². The van der Waals surface area contributed by atoms with E-state index in [0.717, 1.165) is 29.2 Å². The molecule has 148 valence electrons. The van der Waals surface area contributed by atoms with Crippen LogP contribution in [-0.4, -0.2) is 23.0 Å². The smallest absolute Gasteiger partial charge is 0.278 e. The van der Waals surface area contributed by atoms with E-state index in [1.165, 1.54) is 0 Å². The van der Waals surface area contributed by atoms with Crippen LogP contribution in [-0.2, 0) is 16.2 Å². The van der Waals surface area contributed by atoms with Gasteiger partial charge in [0.1, 0.15) is 18.0 Å². The highest BCUT2D eigenvalue weighted by atomic mass is 35.5. The minimum atomic E-state index is -4.69. The van der Waals surface area contributed by atoms with Crippen LogP contribution < -0.4 is 4.72 Å². The summed E-state index contributed by atoms with van der Waals surface area (Å²) in [6.45, 7) is 0. The highest BCUT2D eigenvalue weighted by molar-refractivity contribution is 7.92. The average molecular weight is 439 g/mol. The molecule has 0 fully saturated rings. The molecule has 3 aromatic rings. The molecule has 13 heteroatoms. The molecule has 1 aromatic carbocycles. The van der Waals surface area contributed by atoms with Crippen molar-refractivity contribution in [2.75, 3.05) is 4.72 Å². The number of aromatic nitrogens is 3. The minimum absolute atomic E-state index is 0.335. The van der Waals surface area contributed by atoms with Crippen LogP contribution in [0, 0.1) is 11.6 Å². The second-order valence-corrected chi connectivity index (χ2v) is 7.43. The SMILES string of the molecule is O=S(=O)(Nc1cc(F)cc(F)c1)c1cncn1-c1ncc(C(F)(F)F)cc1Cl. The van der Waals surface area contributed by atoms with Crippen LogP contribution in [0.15, 0.2) is 48.0 Å². The highest BCUT2D eigenvalue weighted by Crippen LogP contribution is 2.32. The second-order valence-electron chi connectivity index (χ2n) is 5.39. The van der Waals surface area contributed by atoms with Crippen LogP contribution in [0.25, 0.3) is 5.82 Å². The van der Waals surface area contributed by atoms with E-state index in [0.29, 0.717) is 18.3 Å². The number of anilines is 1. The number of nitrogens with one attached hydrogen (secondary N) is 1. The van der Waals surface area contributed by atoms with Gasteiger partial charge in [0.2, 0.25) is 0 Å². The molecule has 0 unspecified atom stereocenters. The number of benzene rings is 1. The predicted octanol–water partition coefficient (Wildman–Crippen LogP) is 4.02. The molecule has 2 aromatic heterocycles. The first-order valence-electron chi connectivity index (χ1n) is 7.22. The van der Waals surface area contributed by atoms with Crippen molar-refractivity contribution in [3.63, 3.8) is 0 Å². The maximum Gasteiger partial charge on any atom is 0.417 e. The lowest BCUT2D eigenvalue weighted by atomic mass is 10.3. The maximum absolute atomic E-state index is 13.3. The third-order valence-electron chi connectivity index (χ3n) is 3.37. The topological polar surface area (TPSA) is 76.9 Å². The van der Waals surface area contributed by atoms with Crippen molar-refractivity contribution in [2.45, 2.75) is 11.2 Å². The first-order valence-corrected chi connectivity index (χ1v) is 9.08. The molecule has 0 saturated heterocycles. The Balaban J connectivity index is 2.02. The van der Waals surface area contributed by atoms with Crippen LogP contribution in [0.2, 0.25) is 5.02 Å². The lowest BCUT2D eigenvalue weighted by Crippen LogP contribution is -2.17. The second kappa shape index (κ2) is 7.02. The molecule has 0 amide bonds. The van der Waals surface area contributed by atoms with Gasteiger partial charge in [-0.05, 0) is 18.2 Å². The Bertz CT molecular complexity index is 1130. The van der Waals surface area contributed by atoms with E-state index in [2.05, 4.69) is 9.97 Å². The van der Waals surface area contributed by atoms with Gasteiger partial charge in [-0.25, -0.2) is 18.7 Å². The van der Waals surface area contributed by atoms with E-state index < -0.39 is 49.1 Å². The molecule has 0 spiro atoms. The van der Waals surface area contributed by atoms with Crippen LogP contribution in [0.3, 0.4) is 0 Å². The Morgan fingerprint density at radius 2 is 1.68 bits per heavy atom. The van der Waals surface area contributed by atoms with Crippen LogP contribution >= 0.6 is 11.6 Å². The summed E-state index contributed by atoms with van der Waals surface area (Å²) < 4.78 is 92.6. The van der Waals surface area contributed by atoms with Gasteiger partial charge in [0.25, 0.3) is 10.0 Å². The van der Waals surface area contributed by atoms with E-state index in [9.17, 15) is 30.4 Å². The van der Waals surface area contributed by atoms with Gasteiger partial charge in [-0.15, -0.1) is 0 Å².